The zero-order valence-corrected chi connectivity index (χ0v) is 10.6. The molecular weight excluding hydrogens is 263 g/mol. The molecule has 3 nitrogen and oxygen atoms in total. The zero-order valence-electron chi connectivity index (χ0n) is 9.77. The van der Waals surface area contributed by atoms with Crippen molar-refractivity contribution in [2.45, 2.75) is 6.61 Å². The molecule has 0 unspecified atom stereocenters. The molecule has 3 rings (SSSR count). The van der Waals surface area contributed by atoms with Gasteiger partial charge in [-0.3, -0.25) is 0 Å². The van der Waals surface area contributed by atoms with Gasteiger partial charge in [0.05, 0.1) is 23.4 Å². The second-order valence-electron chi connectivity index (χ2n) is 3.95. The first-order valence-corrected chi connectivity index (χ1v) is 6.42. The van der Waals surface area contributed by atoms with E-state index >= 15 is 0 Å². The summed E-state index contributed by atoms with van der Waals surface area (Å²) in [5.41, 5.74) is 1.31. The number of rotatable bonds is 1. The molecule has 2 N–H and O–H groups in total. The number of aromatic amines is 1. The SMILES string of the molecule is OCc1ccc(C#Cc2cc3cc(F)cnc3[nH]2)s1. The Morgan fingerprint density at radius 3 is 3.00 bits per heavy atom. The Balaban J connectivity index is 1.93. The lowest BCUT2D eigenvalue weighted by Gasteiger charge is -1.86. The Bertz CT molecular complexity index is 794. The topological polar surface area (TPSA) is 48.9 Å². The molecule has 0 aliphatic carbocycles. The van der Waals surface area contributed by atoms with Gasteiger partial charge in [0.25, 0.3) is 0 Å². The number of nitrogens with zero attached hydrogens (tertiary/aromatic N) is 1. The molecule has 0 atom stereocenters. The minimum absolute atomic E-state index is 0.0297. The third kappa shape index (κ3) is 2.50. The summed E-state index contributed by atoms with van der Waals surface area (Å²) in [6.45, 7) is 0.0297. The van der Waals surface area contributed by atoms with Crippen LogP contribution in [-0.2, 0) is 6.61 Å². The third-order valence-electron chi connectivity index (χ3n) is 2.57. The standard InChI is InChI=1S/C14H9FN2OS/c15-10-5-9-6-11(17-14(9)16-7-10)1-2-12-3-4-13(8-18)19-12/h3-7,18H,8H2,(H,16,17). The lowest BCUT2D eigenvalue weighted by atomic mass is 10.3. The van der Waals surface area contributed by atoms with E-state index in [0.717, 1.165) is 9.75 Å². The molecule has 0 fully saturated rings. The monoisotopic (exact) mass is 272 g/mol. The predicted octanol–water partition coefficient (Wildman–Crippen LogP) is 2.66. The van der Waals surface area contributed by atoms with Crippen molar-refractivity contribution in [1.82, 2.24) is 9.97 Å². The number of fused-ring (bicyclic) bond motifs is 1. The molecule has 19 heavy (non-hydrogen) atoms. The van der Waals surface area contributed by atoms with Gasteiger partial charge in [0, 0.05) is 10.3 Å². The maximum atomic E-state index is 13.0. The maximum Gasteiger partial charge on any atom is 0.142 e. The summed E-state index contributed by atoms with van der Waals surface area (Å²) in [5.74, 6) is 5.60. The zero-order chi connectivity index (χ0) is 13.2. The van der Waals surface area contributed by atoms with E-state index in [1.165, 1.54) is 23.6 Å². The van der Waals surface area contributed by atoms with Crippen molar-refractivity contribution < 1.29 is 9.50 Å². The van der Waals surface area contributed by atoms with Crippen LogP contribution in [0.2, 0.25) is 0 Å². The van der Waals surface area contributed by atoms with E-state index in [9.17, 15) is 4.39 Å². The normalized spacial score (nSPS) is 10.4. The van der Waals surface area contributed by atoms with E-state index in [0.29, 0.717) is 16.7 Å². The van der Waals surface area contributed by atoms with Gasteiger partial charge in [-0.2, -0.15) is 0 Å². The number of thiophene rings is 1. The fourth-order valence-corrected chi connectivity index (χ4v) is 2.44. The highest BCUT2D eigenvalue weighted by molar-refractivity contribution is 7.12. The Morgan fingerprint density at radius 1 is 1.32 bits per heavy atom. The van der Waals surface area contributed by atoms with E-state index in [1.54, 1.807) is 6.07 Å². The minimum atomic E-state index is -0.364. The van der Waals surface area contributed by atoms with Crippen LogP contribution in [0.5, 0.6) is 0 Å². The fraction of sp³-hybridized carbons (Fsp3) is 0.0714. The van der Waals surface area contributed by atoms with Crippen LogP contribution in [0.25, 0.3) is 11.0 Å². The second kappa shape index (κ2) is 4.84. The highest BCUT2D eigenvalue weighted by atomic mass is 32.1. The summed E-state index contributed by atoms with van der Waals surface area (Å²) in [5, 5.41) is 9.67. The summed E-state index contributed by atoms with van der Waals surface area (Å²) >= 11 is 1.45. The van der Waals surface area contributed by atoms with Gasteiger partial charge in [0.15, 0.2) is 0 Å². The lowest BCUT2D eigenvalue weighted by Crippen LogP contribution is -1.78. The molecule has 0 aliphatic heterocycles. The molecule has 0 saturated carbocycles. The first-order valence-electron chi connectivity index (χ1n) is 5.60. The molecule has 0 spiro atoms. The molecule has 94 valence electrons. The molecule has 0 aromatic carbocycles. The Hall–Kier alpha value is -2.16. The molecule has 0 radical (unpaired) electrons. The number of H-pyrrole nitrogens is 1. The molecular formula is C14H9FN2OS. The molecule has 0 aliphatic rings. The molecule has 3 aromatic rings. The number of hydrogen-bond donors (Lipinski definition) is 2. The van der Waals surface area contributed by atoms with Crippen molar-refractivity contribution >= 4 is 22.4 Å². The van der Waals surface area contributed by atoms with Crippen LogP contribution in [-0.4, -0.2) is 15.1 Å². The van der Waals surface area contributed by atoms with Crippen molar-refractivity contribution in [3.05, 3.63) is 51.7 Å². The lowest BCUT2D eigenvalue weighted by molar-refractivity contribution is 0.285. The number of halogens is 1. The fourth-order valence-electron chi connectivity index (χ4n) is 1.71. The average Bonchev–Trinajstić information content (AvgIpc) is 3.01. The maximum absolute atomic E-state index is 13.0. The van der Waals surface area contributed by atoms with Crippen LogP contribution >= 0.6 is 11.3 Å². The van der Waals surface area contributed by atoms with E-state index in [4.69, 9.17) is 5.11 Å². The van der Waals surface area contributed by atoms with Gasteiger partial charge in [0.1, 0.15) is 11.5 Å². The minimum Gasteiger partial charge on any atom is -0.391 e. The van der Waals surface area contributed by atoms with E-state index in [-0.39, 0.29) is 12.4 Å². The third-order valence-corrected chi connectivity index (χ3v) is 3.56. The summed E-state index contributed by atoms with van der Waals surface area (Å²) in [6, 6.07) is 6.89. The second-order valence-corrected chi connectivity index (χ2v) is 5.12. The largest absolute Gasteiger partial charge is 0.391 e. The number of aliphatic hydroxyl groups excluding tert-OH is 1. The Labute approximate surface area is 112 Å². The average molecular weight is 272 g/mol. The van der Waals surface area contributed by atoms with Crippen LogP contribution < -0.4 is 0 Å². The molecule has 3 heterocycles. The first-order chi connectivity index (χ1) is 9.24. The van der Waals surface area contributed by atoms with Crippen LogP contribution in [0.1, 0.15) is 15.4 Å². The van der Waals surface area contributed by atoms with Crippen LogP contribution in [0, 0.1) is 17.7 Å². The molecule has 5 heteroatoms. The summed E-state index contributed by atoms with van der Waals surface area (Å²) in [7, 11) is 0. The number of hydrogen-bond acceptors (Lipinski definition) is 3. The Kier molecular flexibility index (Phi) is 3.03. The van der Waals surface area contributed by atoms with Crippen molar-refractivity contribution in [2.75, 3.05) is 0 Å². The van der Waals surface area contributed by atoms with E-state index in [2.05, 4.69) is 21.8 Å². The number of aromatic nitrogens is 2. The highest BCUT2D eigenvalue weighted by Crippen LogP contribution is 2.16. The van der Waals surface area contributed by atoms with Gasteiger partial charge < -0.3 is 10.1 Å². The quantitative estimate of drug-likeness (QED) is 0.669. The van der Waals surface area contributed by atoms with E-state index in [1.807, 2.05) is 12.1 Å². The first kappa shape index (κ1) is 11.9. The van der Waals surface area contributed by atoms with Crippen molar-refractivity contribution in [3.63, 3.8) is 0 Å². The highest BCUT2D eigenvalue weighted by Gasteiger charge is 2.01. The van der Waals surface area contributed by atoms with Gasteiger partial charge in [-0.1, -0.05) is 0 Å². The van der Waals surface area contributed by atoms with E-state index < -0.39 is 0 Å². The Morgan fingerprint density at radius 2 is 2.21 bits per heavy atom. The van der Waals surface area contributed by atoms with Gasteiger partial charge >= 0.3 is 0 Å². The molecule has 0 saturated heterocycles. The van der Waals surface area contributed by atoms with Crippen molar-refractivity contribution in [1.29, 1.82) is 0 Å². The van der Waals surface area contributed by atoms with Crippen LogP contribution in [0.4, 0.5) is 4.39 Å². The van der Waals surface area contributed by atoms with Gasteiger partial charge in [-0.15, -0.1) is 11.3 Å². The molecule has 0 bridgehead atoms. The van der Waals surface area contributed by atoms with Crippen molar-refractivity contribution in [3.8, 4) is 11.8 Å². The predicted molar refractivity (Wildman–Crippen MR) is 72.3 cm³/mol. The molecule has 0 amide bonds. The van der Waals surface area contributed by atoms with Gasteiger partial charge in [-0.25, -0.2) is 9.37 Å². The summed E-state index contributed by atoms with van der Waals surface area (Å²) in [4.78, 5) is 8.72. The van der Waals surface area contributed by atoms with Crippen LogP contribution in [0.3, 0.4) is 0 Å². The molecule has 3 aromatic heterocycles. The smallest absolute Gasteiger partial charge is 0.142 e. The summed E-state index contributed by atoms with van der Waals surface area (Å²) in [6.07, 6.45) is 1.17. The van der Waals surface area contributed by atoms with Crippen molar-refractivity contribution in [2.24, 2.45) is 0 Å². The number of nitrogens with one attached hydrogen (secondary N) is 1. The summed E-state index contributed by atoms with van der Waals surface area (Å²) < 4.78 is 13.0. The number of pyridine rings is 1. The van der Waals surface area contributed by atoms with Gasteiger partial charge in [0.2, 0.25) is 0 Å². The number of aliphatic hydroxyl groups is 1. The van der Waals surface area contributed by atoms with Gasteiger partial charge in [-0.05, 0) is 36.1 Å². The van der Waals surface area contributed by atoms with Crippen LogP contribution in [0.15, 0.2) is 30.5 Å².